The van der Waals surface area contributed by atoms with Crippen molar-refractivity contribution in [3.8, 4) is 0 Å². The average molecular weight is 298 g/mol. The lowest BCUT2D eigenvalue weighted by Crippen LogP contribution is -2.18. The highest BCUT2D eigenvalue weighted by Gasteiger charge is 2.22. The van der Waals surface area contributed by atoms with Crippen LogP contribution in [-0.2, 0) is 13.0 Å². The third-order valence-electron chi connectivity index (χ3n) is 2.81. The van der Waals surface area contributed by atoms with Crippen LogP contribution in [0.3, 0.4) is 0 Å². The molecule has 2 aromatic rings. The fraction of sp³-hybridized carbons (Fsp3) is 0.333. The molecule has 2 aromatic heterocycles. The number of hydrogen-bond acceptors (Lipinski definition) is 5. The molecule has 0 saturated carbocycles. The van der Waals surface area contributed by atoms with Gasteiger partial charge in [0.05, 0.1) is 17.1 Å². The summed E-state index contributed by atoms with van der Waals surface area (Å²) in [5, 5.41) is 2.44. The van der Waals surface area contributed by atoms with Crippen LogP contribution in [0, 0.1) is 0 Å². The van der Waals surface area contributed by atoms with Crippen molar-refractivity contribution in [2.24, 2.45) is 0 Å². The van der Waals surface area contributed by atoms with Gasteiger partial charge in [-0.25, -0.2) is 4.98 Å². The van der Waals surface area contributed by atoms with E-state index in [4.69, 9.17) is 11.6 Å². The number of nitrogens with zero attached hydrogens (tertiary/aromatic N) is 3. The molecule has 6 heteroatoms. The number of aryl methyl sites for hydroxylation is 1. The van der Waals surface area contributed by atoms with Gasteiger partial charge in [-0.05, 0) is 23.0 Å². The van der Waals surface area contributed by atoms with Crippen molar-refractivity contribution in [1.29, 1.82) is 0 Å². The summed E-state index contributed by atoms with van der Waals surface area (Å²) in [4.78, 5) is 13.4. The molecule has 3 rings (SSSR count). The Bertz CT molecular complexity index is 557. The van der Waals surface area contributed by atoms with Crippen molar-refractivity contribution in [2.45, 2.75) is 17.9 Å². The Hall–Kier alpha value is -0.780. The van der Waals surface area contributed by atoms with Crippen LogP contribution in [0.1, 0.15) is 10.6 Å². The molecule has 0 saturated heterocycles. The maximum Gasteiger partial charge on any atom is 0.224 e. The number of rotatable bonds is 3. The van der Waals surface area contributed by atoms with Crippen molar-refractivity contribution in [3.63, 3.8) is 0 Å². The lowest BCUT2D eigenvalue weighted by molar-refractivity contribution is 0.864. The lowest BCUT2D eigenvalue weighted by Gasteiger charge is -2.19. The van der Waals surface area contributed by atoms with Gasteiger partial charge in [-0.2, -0.15) is 4.98 Å². The van der Waals surface area contributed by atoms with Crippen LogP contribution in [0.25, 0.3) is 0 Å². The van der Waals surface area contributed by atoms with Gasteiger partial charge in [0.1, 0.15) is 5.82 Å². The number of hydrogen-bond donors (Lipinski definition) is 0. The van der Waals surface area contributed by atoms with Gasteiger partial charge in [0, 0.05) is 24.1 Å². The van der Waals surface area contributed by atoms with Crippen molar-refractivity contribution in [1.82, 2.24) is 9.97 Å². The SMILES string of the molecule is CN(Cc1cccs1)c1nc(Cl)nc2c1SCC2. The molecule has 1 aliphatic heterocycles. The van der Waals surface area contributed by atoms with Crippen LogP contribution in [0.15, 0.2) is 22.4 Å². The monoisotopic (exact) mass is 297 g/mol. The number of thioether (sulfide) groups is 1. The van der Waals surface area contributed by atoms with E-state index in [0.717, 1.165) is 30.2 Å². The first kappa shape index (κ1) is 12.3. The van der Waals surface area contributed by atoms with E-state index >= 15 is 0 Å². The normalized spacial score (nSPS) is 13.7. The van der Waals surface area contributed by atoms with Gasteiger partial charge in [-0.1, -0.05) is 6.07 Å². The third-order valence-corrected chi connectivity index (χ3v) is 4.96. The van der Waals surface area contributed by atoms with E-state index < -0.39 is 0 Å². The molecule has 0 aliphatic carbocycles. The molecule has 3 nitrogen and oxygen atoms in total. The van der Waals surface area contributed by atoms with Crippen LogP contribution in [-0.4, -0.2) is 22.8 Å². The summed E-state index contributed by atoms with van der Waals surface area (Å²) in [6.07, 6.45) is 0.988. The van der Waals surface area contributed by atoms with Crippen LogP contribution < -0.4 is 4.90 Å². The summed E-state index contributed by atoms with van der Waals surface area (Å²) in [6, 6.07) is 4.21. The van der Waals surface area contributed by atoms with Crippen LogP contribution in [0.5, 0.6) is 0 Å². The maximum absolute atomic E-state index is 6.00. The zero-order valence-corrected chi connectivity index (χ0v) is 12.3. The molecule has 0 aromatic carbocycles. The summed E-state index contributed by atoms with van der Waals surface area (Å²) in [5.41, 5.74) is 1.09. The smallest absolute Gasteiger partial charge is 0.224 e. The minimum absolute atomic E-state index is 0.351. The highest BCUT2D eigenvalue weighted by molar-refractivity contribution is 7.99. The minimum atomic E-state index is 0.351. The van der Waals surface area contributed by atoms with Gasteiger partial charge in [0.25, 0.3) is 0 Å². The first-order chi connectivity index (χ1) is 8.74. The maximum atomic E-state index is 6.00. The predicted molar refractivity (Wildman–Crippen MR) is 77.9 cm³/mol. The third kappa shape index (κ3) is 2.35. The Balaban J connectivity index is 1.92. The second-order valence-corrected chi connectivity index (χ2v) is 6.60. The first-order valence-corrected chi connectivity index (χ1v) is 7.91. The zero-order valence-electron chi connectivity index (χ0n) is 9.89. The molecule has 3 heterocycles. The molecule has 0 radical (unpaired) electrons. The fourth-order valence-electron chi connectivity index (χ4n) is 1.99. The number of thiophene rings is 1. The molecule has 0 unspecified atom stereocenters. The van der Waals surface area contributed by atoms with E-state index in [9.17, 15) is 0 Å². The largest absolute Gasteiger partial charge is 0.353 e. The van der Waals surface area contributed by atoms with Crippen molar-refractivity contribution >= 4 is 40.5 Å². The summed E-state index contributed by atoms with van der Waals surface area (Å²) < 4.78 is 0. The second kappa shape index (κ2) is 5.07. The number of anilines is 1. The summed E-state index contributed by atoms with van der Waals surface area (Å²) >= 11 is 9.58. The molecule has 0 bridgehead atoms. The van der Waals surface area contributed by atoms with Crippen molar-refractivity contribution in [3.05, 3.63) is 33.4 Å². The van der Waals surface area contributed by atoms with Gasteiger partial charge in [-0.15, -0.1) is 23.1 Å². The highest BCUT2D eigenvalue weighted by atomic mass is 35.5. The van der Waals surface area contributed by atoms with Gasteiger partial charge < -0.3 is 4.90 Å². The average Bonchev–Trinajstić information content (AvgIpc) is 2.97. The highest BCUT2D eigenvalue weighted by Crippen LogP contribution is 2.37. The van der Waals surface area contributed by atoms with Crippen LogP contribution >= 0.6 is 34.7 Å². The summed E-state index contributed by atoms with van der Waals surface area (Å²) in [6.45, 7) is 0.859. The molecule has 0 amide bonds. The van der Waals surface area contributed by atoms with E-state index in [1.54, 1.807) is 11.3 Å². The summed E-state index contributed by atoms with van der Waals surface area (Å²) in [7, 11) is 2.05. The quantitative estimate of drug-likeness (QED) is 0.811. The van der Waals surface area contributed by atoms with E-state index in [0.29, 0.717) is 5.28 Å². The molecule has 18 heavy (non-hydrogen) atoms. The van der Waals surface area contributed by atoms with Gasteiger partial charge in [0.15, 0.2) is 0 Å². The number of halogens is 1. The molecule has 0 atom stereocenters. The molecule has 0 spiro atoms. The van der Waals surface area contributed by atoms with Crippen LogP contribution in [0.2, 0.25) is 5.28 Å². The summed E-state index contributed by atoms with van der Waals surface area (Å²) in [5.74, 6) is 2.03. The van der Waals surface area contributed by atoms with Crippen LogP contribution in [0.4, 0.5) is 5.82 Å². The van der Waals surface area contributed by atoms with E-state index in [2.05, 4.69) is 39.4 Å². The van der Waals surface area contributed by atoms with Gasteiger partial charge in [0.2, 0.25) is 5.28 Å². The topological polar surface area (TPSA) is 29.0 Å². The van der Waals surface area contributed by atoms with Crippen molar-refractivity contribution < 1.29 is 0 Å². The first-order valence-electron chi connectivity index (χ1n) is 5.67. The second-order valence-electron chi connectivity index (χ2n) is 4.13. The van der Waals surface area contributed by atoms with E-state index in [1.807, 2.05) is 11.8 Å². The molecular formula is C12H12ClN3S2. The zero-order chi connectivity index (χ0) is 12.5. The Kier molecular flexibility index (Phi) is 3.46. The van der Waals surface area contributed by atoms with Crippen molar-refractivity contribution in [2.75, 3.05) is 17.7 Å². The Morgan fingerprint density at radius 2 is 2.33 bits per heavy atom. The number of aromatic nitrogens is 2. The van der Waals surface area contributed by atoms with E-state index in [-0.39, 0.29) is 0 Å². The molecule has 0 fully saturated rings. The Morgan fingerprint density at radius 3 is 3.11 bits per heavy atom. The molecule has 94 valence electrons. The predicted octanol–water partition coefficient (Wildman–Crippen LogP) is 3.48. The molecular weight excluding hydrogens is 286 g/mol. The standard InChI is InChI=1S/C12H12ClN3S2/c1-16(7-8-3-2-5-17-8)11-10-9(4-6-18-10)14-12(13)15-11/h2-3,5H,4,6-7H2,1H3. The fourth-order valence-corrected chi connectivity index (χ4v) is 4.08. The van der Waals surface area contributed by atoms with E-state index in [1.165, 1.54) is 9.77 Å². The van der Waals surface area contributed by atoms with Gasteiger partial charge in [-0.3, -0.25) is 0 Å². The number of fused-ring (bicyclic) bond motifs is 1. The van der Waals surface area contributed by atoms with Gasteiger partial charge >= 0.3 is 0 Å². The molecule has 0 N–H and O–H groups in total. The minimum Gasteiger partial charge on any atom is -0.353 e. The Labute approximate surface area is 119 Å². The Morgan fingerprint density at radius 1 is 1.44 bits per heavy atom. The lowest BCUT2D eigenvalue weighted by atomic mass is 10.3. The molecule has 1 aliphatic rings.